The summed E-state index contributed by atoms with van der Waals surface area (Å²) in [5.41, 5.74) is 2.23. The van der Waals surface area contributed by atoms with Crippen LogP contribution in [-0.4, -0.2) is 34.8 Å². The SMILES string of the molecule is Cc1cc(C)n(CCCNC(=O)CCNC2CC2)n1. The van der Waals surface area contributed by atoms with Crippen molar-refractivity contribution in [1.29, 1.82) is 0 Å². The Bertz CT molecular complexity index is 423. The third-order valence-electron chi connectivity index (χ3n) is 3.33. The summed E-state index contributed by atoms with van der Waals surface area (Å²) in [6, 6.07) is 2.75. The van der Waals surface area contributed by atoms with Gasteiger partial charge in [0.1, 0.15) is 0 Å². The topological polar surface area (TPSA) is 59.0 Å². The van der Waals surface area contributed by atoms with Crippen molar-refractivity contribution in [2.24, 2.45) is 0 Å². The van der Waals surface area contributed by atoms with Crippen LogP contribution in [0.2, 0.25) is 0 Å². The van der Waals surface area contributed by atoms with Crippen molar-refractivity contribution in [3.63, 3.8) is 0 Å². The van der Waals surface area contributed by atoms with E-state index < -0.39 is 0 Å². The summed E-state index contributed by atoms with van der Waals surface area (Å²) in [5, 5.41) is 10.7. The molecule has 19 heavy (non-hydrogen) atoms. The molecular weight excluding hydrogens is 240 g/mol. The number of aryl methyl sites for hydroxylation is 3. The first-order chi connectivity index (χ1) is 9.15. The van der Waals surface area contributed by atoms with Gasteiger partial charge in [-0.3, -0.25) is 9.48 Å². The van der Waals surface area contributed by atoms with Gasteiger partial charge in [-0.15, -0.1) is 0 Å². The van der Waals surface area contributed by atoms with Gasteiger partial charge in [-0.25, -0.2) is 0 Å². The summed E-state index contributed by atoms with van der Waals surface area (Å²) in [4.78, 5) is 11.6. The predicted octanol–water partition coefficient (Wildman–Crippen LogP) is 1.15. The second kappa shape index (κ2) is 6.70. The van der Waals surface area contributed by atoms with Crippen LogP contribution in [0.3, 0.4) is 0 Å². The average Bonchev–Trinajstić information content (AvgIpc) is 3.11. The molecule has 0 atom stereocenters. The van der Waals surface area contributed by atoms with Crippen LogP contribution in [0.5, 0.6) is 0 Å². The lowest BCUT2D eigenvalue weighted by Crippen LogP contribution is -2.29. The van der Waals surface area contributed by atoms with E-state index in [-0.39, 0.29) is 5.91 Å². The van der Waals surface area contributed by atoms with E-state index in [9.17, 15) is 4.79 Å². The van der Waals surface area contributed by atoms with E-state index in [0.717, 1.165) is 31.7 Å². The van der Waals surface area contributed by atoms with Crippen molar-refractivity contribution >= 4 is 5.91 Å². The first kappa shape index (κ1) is 14.1. The highest BCUT2D eigenvalue weighted by atomic mass is 16.1. The number of carbonyl (C=O) groups is 1. The minimum atomic E-state index is 0.140. The highest BCUT2D eigenvalue weighted by Gasteiger charge is 2.19. The number of rotatable bonds is 8. The third-order valence-corrected chi connectivity index (χ3v) is 3.33. The Hall–Kier alpha value is -1.36. The molecule has 0 saturated heterocycles. The molecule has 1 aliphatic rings. The van der Waals surface area contributed by atoms with Gasteiger partial charge in [0.05, 0.1) is 5.69 Å². The number of carbonyl (C=O) groups excluding carboxylic acids is 1. The molecule has 0 unspecified atom stereocenters. The van der Waals surface area contributed by atoms with Crippen LogP contribution in [0.4, 0.5) is 0 Å². The molecule has 0 spiro atoms. The zero-order chi connectivity index (χ0) is 13.7. The summed E-state index contributed by atoms with van der Waals surface area (Å²) >= 11 is 0. The van der Waals surface area contributed by atoms with E-state index in [0.29, 0.717) is 12.5 Å². The van der Waals surface area contributed by atoms with Crippen molar-refractivity contribution in [3.8, 4) is 0 Å². The van der Waals surface area contributed by atoms with E-state index >= 15 is 0 Å². The number of nitrogens with zero attached hydrogens (tertiary/aromatic N) is 2. The summed E-state index contributed by atoms with van der Waals surface area (Å²) in [7, 11) is 0. The van der Waals surface area contributed by atoms with Gasteiger partial charge in [-0.05, 0) is 39.2 Å². The Labute approximate surface area is 114 Å². The lowest BCUT2D eigenvalue weighted by molar-refractivity contribution is -0.121. The smallest absolute Gasteiger partial charge is 0.221 e. The standard InChI is InChI=1S/C14H24N4O/c1-11-10-12(2)18(17-11)9-3-7-16-14(19)6-8-15-13-4-5-13/h10,13,15H,3-9H2,1-2H3,(H,16,19). The Kier molecular flexibility index (Phi) is 4.96. The molecule has 2 N–H and O–H groups in total. The molecule has 5 heteroatoms. The lowest BCUT2D eigenvalue weighted by Gasteiger charge is -2.07. The van der Waals surface area contributed by atoms with Gasteiger partial charge >= 0.3 is 0 Å². The van der Waals surface area contributed by atoms with E-state index in [2.05, 4.69) is 28.7 Å². The number of nitrogens with one attached hydrogen (secondary N) is 2. The van der Waals surface area contributed by atoms with Gasteiger partial charge in [-0.1, -0.05) is 0 Å². The minimum absolute atomic E-state index is 0.140. The van der Waals surface area contributed by atoms with Crippen LogP contribution in [0.25, 0.3) is 0 Å². The maximum atomic E-state index is 11.6. The number of amides is 1. The lowest BCUT2D eigenvalue weighted by atomic mass is 10.3. The van der Waals surface area contributed by atoms with Crippen molar-refractivity contribution < 1.29 is 4.79 Å². The second-order valence-electron chi connectivity index (χ2n) is 5.33. The van der Waals surface area contributed by atoms with E-state index in [1.54, 1.807) is 0 Å². The van der Waals surface area contributed by atoms with Crippen LogP contribution in [0, 0.1) is 13.8 Å². The van der Waals surface area contributed by atoms with Crippen molar-refractivity contribution in [3.05, 3.63) is 17.5 Å². The Morgan fingerprint density at radius 3 is 2.84 bits per heavy atom. The molecule has 0 aliphatic heterocycles. The summed E-state index contributed by atoms with van der Waals surface area (Å²) in [5.74, 6) is 0.140. The van der Waals surface area contributed by atoms with Crippen molar-refractivity contribution in [2.75, 3.05) is 13.1 Å². The zero-order valence-corrected chi connectivity index (χ0v) is 11.9. The molecule has 106 valence electrons. The van der Waals surface area contributed by atoms with Crippen LogP contribution < -0.4 is 10.6 Å². The number of hydrogen-bond donors (Lipinski definition) is 2. The van der Waals surface area contributed by atoms with Crippen LogP contribution in [-0.2, 0) is 11.3 Å². The fraction of sp³-hybridized carbons (Fsp3) is 0.714. The molecule has 0 bridgehead atoms. The maximum Gasteiger partial charge on any atom is 0.221 e. The van der Waals surface area contributed by atoms with Crippen LogP contribution in [0.15, 0.2) is 6.07 Å². The van der Waals surface area contributed by atoms with Gasteiger partial charge in [0, 0.05) is 37.8 Å². The molecule has 0 aromatic carbocycles. The van der Waals surface area contributed by atoms with E-state index in [4.69, 9.17) is 0 Å². The monoisotopic (exact) mass is 264 g/mol. The molecule has 1 aromatic heterocycles. The third kappa shape index (κ3) is 5.03. The molecule has 1 aromatic rings. The molecule has 1 aliphatic carbocycles. The maximum absolute atomic E-state index is 11.6. The van der Waals surface area contributed by atoms with Gasteiger partial charge in [0.2, 0.25) is 5.91 Å². The Balaban J connectivity index is 1.53. The fourth-order valence-electron chi connectivity index (χ4n) is 2.12. The Morgan fingerprint density at radius 2 is 2.21 bits per heavy atom. The van der Waals surface area contributed by atoms with Gasteiger partial charge in [0.25, 0.3) is 0 Å². The summed E-state index contributed by atoms with van der Waals surface area (Å²) in [6.45, 7) is 6.44. The quantitative estimate of drug-likeness (QED) is 0.692. The van der Waals surface area contributed by atoms with E-state index in [1.165, 1.54) is 18.5 Å². The fourth-order valence-corrected chi connectivity index (χ4v) is 2.12. The summed E-state index contributed by atoms with van der Waals surface area (Å²) < 4.78 is 2.00. The molecule has 5 nitrogen and oxygen atoms in total. The van der Waals surface area contributed by atoms with Gasteiger partial charge in [-0.2, -0.15) is 5.10 Å². The van der Waals surface area contributed by atoms with E-state index in [1.807, 2.05) is 11.6 Å². The van der Waals surface area contributed by atoms with Gasteiger partial charge < -0.3 is 10.6 Å². The van der Waals surface area contributed by atoms with Gasteiger partial charge in [0.15, 0.2) is 0 Å². The summed E-state index contributed by atoms with van der Waals surface area (Å²) in [6.07, 6.45) is 4.04. The molecular formula is C14H24N4O. The zero-order valence-electron chi connectivity index (χ0n) is 11.9. The highest BCUT2D eigenvalue weighted by Crippen LogP contribution is 2.18. The Morgan fingerprint density at radius 1 is 1.42 bits per heavy atom. The minimum Gasteiger partial charge on any atom is -0.356 e. The first-order valence-corrected chi connectivity index (χ1v) is 7.16. The van der Waals surface area contributed by atoms with Crippen molar-refractivity contribution in [1.82, 2.24) is 20.4 Å². The molecule has 1 saturated carbocycles. The van der Waals surface area contributed by atoms with Crippen LogP contribution >= 0.6 is 0 Å². The second-order valence-corrected chi connectivity index (χ2v) is 5.33. The van der Waals surface area contributed by atoms with Crippen LogP contribution in [0.1, 0.15) is 37.1 Å². The largest absolute Gasteiger partial charge is 0.356 e. The number of aromatic nitrogens is 2. The molecule has 1 amide bonds. The normalized spacial score (nSPS) is 14.6. The molecule has 0 radical (unpaired) electrons. The number of hydrogen-bond acceptors (Lipinski definition) is 3. The molecule has 1 heterocycles. The first-order valence-electron chi connectivity index (χ1n) is 7.16. The van der Waals surface area contributed by atoms with Crippen molar-refractivity contribution in [2.45, 2.75) is 52.1 Å². The highest BCUT2D eigenvalue weighted by molar-refractivity contribution is 5.75. The average molecular weight is 264 g/mol. The molecule has 1 fully saturated rings. The predicted molar refractivity (Wildman–Crippen MR) is 75.0 cm³/mol. The molecule has 2 rings (SSSR count).